The molecule has 5 nitrogen and oxygen atoms in total. The summed E-state index contributed by atoms with van der Waals surface area (Å²) in [4.78, 5) is 0. The number of rotatable bonds is 10. The van der Waals surface area contributed by atoms with Crippen molar-refractivity contribution in [2.45, 2.75) is 56.8 Å². The first-order chi connectivity index (χ1) is 17.8. The second kappa shape index (κ2) is 12.4. The monoisotopic (exact) mass is 486 g/mol. The fourth-order valence-electron chi connectivity index (χ4n) is 4.84. The van der Waals surface area contributed by atoms with Crippen molar-refractivity contribution in [3.05, 3.63) is 120 Å². The molecule has 5 heteroatoms. The lowest BCUT2D eigenvalue weighted by molar-refractivity contribution is -0.275. The van der Waals surface area contributed by atoms with Crippen molar-refractivity contribution in [3.63, 3.8) is 0 Å². The van der Waals surface area contributed by atoms with Crippen LogP contribution in [0.25, 0.3) is 0 Å². The van der Waals surface area contributed by atoms with Gasteiger partial charge in [0.15, 0.2) is 0 Å². The Hall–Kier alpha value is -2.80. The summed E-state index contributed by atoms with van der Waals surface area (Å²) in [6.45, 7) is 6.49. The zero-order valence-electron chi connectivity index (χ0n) is 20.5. The topological polar surface area (TPSA) is 46.2 Å². The van der Waals surface area contributed by atoms with Crippen LogP contribution in [0.1, 0.15) is 23.1 Å². The van der Waals surface area contributed by atoms with E-state index in [-0.39, 0.29) is 30.5 Å². The summed E-state index contributed by atoms with van der Waals surface area (Å²) in [5.74, 6) is 0. The lowest BCUT2D eigenvalue weighted by Crippen LogP contribution is -2.62. The van der Waals surface area contributed by atoms with Gasteiger partial charge in [-0.25, -0.2) is 0 Å². The van der Waals surface area contributed by atoms with Crippen LogP contribution in [-0.4, -0.2) is 43.7 Å². The Morgan fingerprint density at radius 3 is 1.81 bits per heavy atom. The van der Waals surface area contributed by atoms with Gasteiger partial charge in [-0.2, -0.15) is 0 Å². The average molecular weight is 487 g/mol. The van der Waals surface area contributed by atoms with Gasteiger partial charge in [0.25, 0.3) is 0 Å². The van der Waals surface area contributed by atoms with Crippen LogP contribution in [0.15, 0.2) is 103 Å². The highest BCUT2D eigenvalue weighted by Crippen LogP contribution is 2.35. The van der Waals surface area contributed by atoms with Gasteiger partial charge >= 0.3 is 0 Å². The van der Waals surface area contributed by atoms with Crippen LogP contribution in [0.4, 0.5) is 0 Å². The quantitative estimate of drug-likeness (QED) is 0.355. The predicted molar refractivity (Wildman–Crippen MR) is 138 cm³/mol. The Morgan fingerprint density at radius 2 is 1.22 bits per heavy atom. The Labute approximate surface area is 213 Å². The van der Waals surface area contributed by atoms with E-state index in [1.54, 1.807) is 0 Å². The molecule has 0 saturated carbocycles. The van der Waals surface area contributed by atoms with Crippen LogP contribution in [0.3, 0.4) is 0 Å². The van der Waals surface area contributed by atoms with E-state index in [0.717, 1.165) is 28.7 Å². The molecule has 2 aliphatic rings. The predicted octanol–water partition coefficient (Wildman–Crippen LogP) is 5.49. The number of hydrogen-bond donors (Lipinski definition) is 0. The minimum atomic E-state index is -0.350. The molecule has 2 heterocycles. The molecule has 0 aliphatic carbocycles. The lowest BCUT2D eigenvalue weighted by atomic mass is 9.89. The van der Waals surface area contributed by atoms with Gasteiger partial charge in [0, 0.05) is 0 Å². The van der Waals surface area contributed by atoms with E-state index in [1.807, 2.05) is 54.6 Å². The Kier molecular flexibility index (Phi) is 8.59. The zero-order chi connectivity index (χ0) is 24.6. The van der Waals surface area contributed by atoms with Crippen molar-refractivity contribution >= 4 is 0 Å². The number of ether oxygens (including phenoxy) is 5. The molecule has 3 aromatic rings. The van der Waals surface area contributed by atoms with E-state index in [2.05, 4.69) is 43.0 Å². The highest BCUT2D eigenvalue weighted by atomic mass is 16.6. The summed E-state index contributed by atoms with van der Waals surface area (Å²) in [7, 11) is 0. The molecule has 0 radical (unpaired) electrons. The van der Waals surface area contributed by atoms with Crippen molar-refractivity contribution in [1.29, 1.82) is 0 Å². The first kappa shape index (κ1) is 24.9. The molecule has 0 spiro atoms. The lowest BCUT2D eigenvalue weighted by Gasteiger charge is -2.48. The Morgan fingerprint density at radius 1 is 0.694 bits per heavy atom. The summed E-state index contributed by atoms with van der Waals surface area (Å²) in [5, 5.41) is 0. The third-order valence-corrected chi connectivity index (χ3v) is 6.66. The molecule has 2 fully saturated rings. The van der Waals surface area contributed by atoms with Gasteiger partial charge in [-0.3, -0.25) is 0 Å². The number of benzene rings is 3. The summed E-state index contributed by atoms with van der Waals surface area (Å²) in [6.07, 6.45) is -0.576. The summed E-state index contributed by atoms with van der Waals surface area (Å²) in [6, 6.07) is 30.5. The number of hydrogen-bond acceptors (Lipinski definition) is 5. The van der Waals surface area contributed by atoms with E-state index in [0.29, 0.717) is 33.0 Å². The third kappa shape index (κ3) is 6.49. The van der Waals surface area contributed by atoms with Crippen molar-refractivity contribution in [3.8, 4) is 0 Å². The highest BCUT2D eigenvalue weighted by molar-refractivity contribution is 5.16. The molecule has 5 rings (SSSR count). The van der Waals surface area contributed by atoms with Crippen molar-refractivity contribution in [1.82, 2.24) is 0 Å². The third-order valence-electron chi connectivity index (χ3n) is 6.66. The largest absolute Gasteiger partial charge is 0.374 e. The summed E-state index contributed by atoms with van der Waals surface area (Å²) >= 11 is 0. The smallest absolute Gasteiger partial charge is 0.115 e. The van der Waals surface area contributed by atoms with Gasteiger partial charge in [0.2, 0.25) is 0 Å². The van der Waals surface area contributed by atoms with E-state index >= 15 is 0 Å². The van der Waals surface area contributed by atoms with Gasteiger partial charge in [0.1, 0.15) is 24.4 Å². The van der Waals surface area contributed by atoms with Crippen molar-refractivity contribution in [2.75, 3.05) is 13.2 Å². The maximum Gasteiger partial charge on any atom is 0.115 e. The Balaban J connectivity index is 1.35. The van der Waals surface area contributed by atoms with Crippen molar-refractivity contribution in [2.24, 2.45) is 0 Å². The fraction of sp³-hybridized carbons (Fsp3) is 0.355. The van der Waals surface area contributed by atoms with Gasteiger partial charge in [-0.1, -0.05) is 97.6 Å². The molecule has 3 aromatic carbocycles. The average Bonchev–Trinajstić information content (AvgIpc) is 2.92. The van der Waals surface area contributed by atoms with Crippen molar-refractivity contribution < 1.29 is 23.7 Å². The molecule has 2 saturated heterocycles. The first-order valence-corrected chi connectivity index (χ1v) is 12.6. The molecule has 36 heavy (non-hydrogen) atoms. The molecule has 0 aromatic heterocycles. The molecule has 5 atom stereocenters. The minimum absolute atomic E-state index is 0.145. The van der Waals surface area contributed by atoms with Crippen LogP contribution in [0, 0.1) is 0 Å². The van der Waals surface area contributed by atoms with Gasteiger partial charge in [0.05, 0.1) is 39.1 Å². The highest BCUT2D eigenvalue weighted by Gasteiger charge is 2.49. The van der Waals surface area contributed by atoms with Crippen LogP contribution >= 0.6 is 0 Å². The molecular formula is C31H34O5. The summed E-state index contributed by atoms with van der Waals surface area (Å²) in [5.41, 5.74) is 4.37. The van der Waals surface area contributed by atoms with Crippen LogP contribution in [0.2, 0.25) is 0 Å². The molecule has 2 aliphatic heterocycles. The van der Waals surface area contributed by atoms with Gasteiger partial charge < -0.3 is 23.7 Å². The van der Waals surface area contributed by atoms with Crippen LogP contribution in [-0.2, 0) is 43.5 Å². The second-order valence-corrected chi connectivity index (χ2v) is 9.47. The molecule has 0 unspecified atom stereocenters. The van der Waals surface area contributed by atoms with Gasteiger partial charge in [-0.15, -0.1) is 0 Å². The normalized spacial score (nSPS) is 25.9. The Bertz CT molecular complexity index is 1070. The molecule has 0 N–H and O–H groups in total. The zero-order valence-corrected chi connectivity index (χ0v) is 20.5. The van der Waals surface area contributed by atoms with Crippen LogP contribution in [0.5, 0.6) is 0 Å². The van der Waals surface area contributed by atoms with Crippen LogP contribution < -0.4 is 0 Å². The number of fused-ring (bicyclic) bond motifs is 1. The van der Waals surface area contributed by atoms with E-state index < -0.39 is 0 Å². The maximum atomic E-state index is 6.57. The molecule has 188 valence electrons. The minimum Gasteiger partial charge on any atom is -0.374 e. The standard InChI is InChI=1S/C31H34O5/c1-23-17-27-29(33-18-23)31(35-21-26-15-9-4-10-16-26)30(34-20-25-13-7-3-8-14-25)28(36-27)22-32-19-24-11-5-2-6-12-24/h2-16,27-31H,1,17-22H2/t27-,28-,29+,30-,31-/m1/s1. The SMILES string of the molecule is C=C1CO[C@@H]2[C@@H](OCc3ccccc3)[C@H](OCc3ccccc3)[C@@H](COCc3ccccc3)O[C@@H]2C1. The molecule has 0 bridgehead atoms. The van der Waals surface area contributed by atoms with E-state index in [4.69, 9.17) is 23.7 Å². The second-order valence-electron chi connectivity index (χ2n) is 9.47. The molecule has 0 amide bonds. The van der Waals surface area contributed by atoms with E-state index in [9.17, 15) is 0 Å². The van der Waals surface area contributed by atoms with Gasteiger partial charge in [-0.05, 0) is 28.7 Å². The molecular weight excluding hydrogens is 452 g/mol. The first-order valence-electron chi connectivity index (χ1n) is 12.6. The maximum absolute atomic E-state index is 6.57. The fourth-order valence-corrected chi connectivity index (χ4v) is 4.84. The van der Waals surface area contributed by atoms with E-state index in [1.165, 1.54) is 0 Å². The summed E-state index contributed by atoms with van der Waals surface area (Å²) < 4.78 is 32.0.